The average molecular weight is 421 g/mol. The van der Waals surface area contributed by atoms with Crippen LogP contribution in [0.5, 0.6) is 0 Å². The number of amides is 1. The van der Waals surface area contributed by atoms with E-state index in [0.29, 0.717) is 19.3 Å². The Morgan fingerprint density at radius 2 is 1.61 bits per heavy atom. The van der Waals surface area contributed by atoms with Crippen LogP contribution in [0.3, 0.4) is 0 Å². The van der Waals surface area contributed by atoms with E-state index in [0.717, 1.165) is 29.5 Å². The van der Waals surface area contributed by atoms with E-state index in [9.17, 15) is 14.4 Å². The van der Waals surface area contributed by atoms with Gasteiger partial charge in [0.25, 0.3) is 5.91 Å². The molecule has 1 atom stereocenters. The first-order chi connectivity index (χ1) is 15.0. The summed E-state index contributed by atoms with van der Waals surface area (Å²) in [7, 11) is 1.31. The van der Waals surface area contributed by atoms with Gasteiger partial charge in [-0.1, -0.05) is 67.4 Å². The maximum atomic E-state index is 13.1. The third kappa shape index (κ3) is 4.07. The molecule has 0 N–H and O–H groups in total. The van der Waals surface area contributed by atoms with Crippen LogP contribution in [0, 0.1) is 0 Å². The number of hydrogen-bond acceptors (Lipinski definition) is 5. The highest BCUT2D eigenvalue weighted by Gasteiger charge is 2.44. The molecule has 2 aromatic carbocycles. The molecular weight excluding hydrogens is 394 g/mol. The van der Waals surface area contributed by atoms with Gasteiger partial charge in [-0.05, 0) is 29.5 Å². The van der Waals surface area contributed by atoms with Crippen LogP contribution in [0.2, 0.25) is 0 Å². The number of methoxy groups -OCH3 is 1. The van der Waals surface area contributed by atoms with E-state index in [1.165, 1.54) is 12.0 Å². The first kappa shape index (κ1) is 21.1. The summed E-state index contributed by atoms with van der Waals surface area (Å²) in [4.78, 5) is 40.0. The zero-order valence-electron chi connectivity index (χ0n) is 17.7. The summed E-state index contributed by atoms with van der Waals surface area (Å²) in [6, 6.07) is 16.6. The quantitative estimate of drug-likeness (QED) is 0.694. The van der Waals surface area contributed by atoms with Gasteiger partial charge in [0.05, 0.1) is 12.5 Å². The number of nitrogens with zero attached hydrogens (tertiary/aromatic N) is 1. The fourth-order valence-electron chi connectivity index (χ4n) is 4.83. The van der Waals surface area contributed by atoms with E-state index >= 15 is 0 Å². The van der Waals surface area contributed by atoms with Gasteiger partial charge >= 0.3 is 11.9 Å². The predicted molar refractivity (Wildman–Crippen MR) is 114 cm³/mol. The molecule has 1 aliphatic carbocycles. The first-order valence-corrected chi connectivity index (χ1v) is 10.7. The van der Waals surface area contributed by atoms with Crippen LogP contribution in [0.4, 0.5) is 0 Å². The van der Waals surface area contributed by atoms with Crippen molar-refractivity contribution in [1.82, 2.24) is 4.90 Å². The number of carbonyl (C=O) groups excluding carboxylic acids is 3. The molecule has 1 saturated carbocycles. The Labute approximate surface area is 182 Å². The van der Waals surface area contributed by atoms with E-state index in [4.69, 9.17) is 9.47 Å². The molecule has 0 unspecified atom stereocenters. The molecule has 1 heterocycles. The van der Waals surface area contributed by atoms with E-state index in [1.807, 2.05) is 54.6 Å². The topological polar surface area (TPSA) is 72.9 Å². The second-order valence-electron chi connectivity index (χ2n) is 8.26. The van der Waals surface area contributed by atoms with Gasteiger partial charge in [-0.15, -0.1) is 0 Å². The smallest absolute Gasteiger partial charge is 0.328 e. The predicted octanol–water partition coefficient (Wildman–Crippen LogP) is 3.17. The fourth-order valence-corrected chi connectivity index (χ4v) is 4.83. The summed E-state index contributed by atoms with van der Waals surface area (Å²) in [5, 5.41) is 0. The molecule has 0 bridgehead atoms. The summed E-state index contributed by atoms with van der Waals surface area (Å²) in [6.07, 6.45) is 3.71. The fraction of sp³-hybridized carbons (Fsp3) is 0.400. The number of carbonyl (C=O) groups is 3. The van der Waals surface area contributed by atoms with Crippen LogP contribution < -0.4 is 0 Å². The van der Waals surface area contributed by atoms with Crippen LogP contribution in [-0.2, 0) is 42.2 Å². The van der Waals surface area contributed by atoms with Crippen molar-refractivity contribution in [2.24, 2.45) is 0 Å². The van der Waals surface area contributed by atoms with Crippen molar-refractivity contribution in [2.45, 2.75) is 50.1 Å². The van der Waals surface area contributed by atoms with Gasteiger partial charge in [-0.2, -0.15) is 0 Å². The van der Waals surface area contributed by atoms with Crippen LogP contribution in [0.15, 0.2) is 54.6 Å². The Bertz CT molecular complexity index is 965. The molecule has 0 spiro atoms. The monoisotopic (exact) mass is 421 g/mol. The molecule has 1 amide bonds. The molecule has 162 valence electrons. The lowest BCUT2D eigenvalue weighted by molar-refractivity contribution is -0.161. The Morgan fingerprint density at radius 1 is 0.968 bits per heavy atom. The zero-order valence-corrected chi connectivity index (χ0v) is 17.7. The Balaban J connectivity index is 1.49. The molecular formula is C25H27NO5. The van der Waals surface area contributed by atoms with Gasteiger partial charge in [0, 0.05) is 13.0 Å². The SMILES string of the molecule is COC(=O)[C@H]1Cc2ccccc2CN1C(=O)COC(=O)C1(c2ccccc2)CCCC1. The minimum Gasteiger partial charge on any atom is -0.467 e. The normalized spacial score (nSPS) is 19.4. The standard InChI is InChI=1S/C25H27NO5/c1-30-23(28)21-15-18-9-5-6-10-19(18)16-26(21)22(27)17-31-24(29)25(13-7-8-14-25)20-11-3-2-4-12-20/h2-6,9-12,21H,7-8,13-17H2,1H3/t21-/m1/s1. The number of ether oxygens (including phenoxy) is 2. The van der Waals surface area contributed by atoms with E-state index < -0.39 is 17.4 Å². The first-order valence-electron chi connectivity index (χ1n) is 10.7. The van der Waals surface area contributed by atoms with Crippen molar-refractivity contribution in [1.29, 1.82) is 0 Å². The number of benzene rings is 2. The number of esters is 2. The van der Waals surface area contributed by atoms with Crippen molar-refractivity contribution in [2.75, 3.05) is 13.7 Å². The van der Waals surface area contributed by atoms with Gasteiger partial charge in [0.2, 0.25) is 0 Å². The van der Waals surface area contributed by atoms with Crippen molar-refractivity contribution >= 4 is 17.8 Å². The molecule has 0 radical (unpaired) electrons. The number of rotatable bonds is 5. The van der Waals surface area contributed by atoms with Crippen molar-refractivity contribution in [3.05, 3.63) is 71.3 Å². The highest BCUT2D eigenvalue weighted by molar-refractivity contribution is 5.89. The molecule has 1 fully saturated rings. The molecule has 2 aliphatic rings. The highest BCUT2D eigenvalue weighted by atomic mass is 16.5. The third-order valence-electron chi connectivity index (χ3n) is 6.54. The average Bonchev–Trinajstić information content (AvgIpc) is 3.33. The van der Waals surface area contributed by atoms with Gasteiger partial charge in [-0.25, -0.2) is 4.79 Å². The van der Waals surface area contributed by atoms with Crippen LogP contribution in [0.25, 0.3) is 0 Å². The van der Waals surface area contributed by atoms with Crippen LogP contribution >= 0.6 is 0 Å². The zero-order chi connectivity index (χ0) is 21.8. The van der Waals surface area contributed by atoms with E-state index in [2.05, 4.69) is 0 Å². The maximum absolute atomic E-state index is 13.1. The molecule has 2 aromatic rings. The molecule has 6 heteroatoms. The Kier molecular flexibility index (Phi) is 6.07. The molecule has 0 saturated heterocycles. The molecule has 31 heavy (non-hydrogen) atoms. The van der Waals surface area contributed by atoms with Crippen molar-refractivity contribution < 1.29 is 23.9 Å². The third-order valence-corrected chi connectivity index (χ3v) is 6.54. The molecule has 0 aromatic heterocycles. The summed E-state index contributed by atoms with van der Waals surface area (Å²) in [6.45, 7) is -0.0980. The van der Waals surface area contributed by atoms with Crippen LogP contribution in [-0.4, -0.2) is 42.5 Å². The van der Waals surface area contributed by atoms with Gasteiger partial charge in [0.15, 0.2) is 6.61 Å². The summed E-state index contributed by atoms with van der Waals surface area (Å²) in [5.41, 5.74) is 2.24. The lowest BCUT2D eigenvalue weighted by Gasteiger charge is -2.35. The second-order valence-corrected chi connectivity index (χ2v) is 8.26. The lowest BCUT2D eigenvalue weighted by atomic mass is 9.79. The van der Waals surface area contributed by atoms with E-state index in [-0.39, 0.29) is 25.0 Å². The minimum absolute atomic E-state index is 0.288. The van der Waals surface area contributed by atoms with Gasteiger partial charge in [-0.3, -0.25) is 9.59 Å². The van der Waals surface area contributed by atoms with Crippen molar-refractivity contribution in [3.63, 3.8) is 0 Å². The summed E-state index contributed by atoms with van der Waals surface area (Å²) >= 11 is 0. The number of fused-ring (bicyclic) bond motifs is 1. The van der Waals surface area contributed by atoms with Crippen LogP contribution in [0.1, 0.15) is 42.4 Å². The number of hydrogen-bond donors (Lipinski definition) is 0. The Morgan fingerprint density at radius 3 is 2.29 bits per heavy atom. The second kappa shape index (κ2) is 8.92. The molecule has 6 nitrogen and oxygen atoms in total. The largest absolute Gasteiger partial charge is 0.467 e. The maximum Gasteiger partial charge on any atom is 0.328 e. The highest BCUT2D eigenvalue weighted by Crippen LogP contribution is 2.42. The van der Waals surface area contributed by atoms with Crippen molar-refractivity contribution in [3.8, 4) is 0 Å². The minimum atomic E-state index is -0.722. The Hall–Kier alpha value is -3.15. The van der Waals surface area contributed by atoms with E-state index in [1.54, 1.807) is 0 Å². The summed E-state index contributed by atoms with van der Waals surface area (Å²) in [5.74, 6) is -1.22. The molecule has 4 rings (SSSR count). The molecule has 1 aliphatic heterocycles. The lowest BCUT2D eigenvalue weighted by Crippen LogP contribution is -2.50. The van der Waals surface area contributed by atoms with Gasteiger partial charge < -0.3 is 14.4 Å². The van der Waals surface area contributed by atoms with Gasteiger partial charge in [0.1, 0.15) is 6.04 Å². The summed E-state index contributed by atoms with van der Waals surface area (Å²) < 4.78 is 10.5.